The van der Waals surface area contributed by atoms with E-state index in [0.29, 0.717) is 37.5 Å². The van der Waals surface area contributed by atoms with Crippen molar-refractivity contribution >= 4 is 39.5 Å². The van der Waals surface area contributed by atoms with Gasteiger partial charge >= 0.3 is 39.5 Å². The Bertz CT molecular complexity index is 1720. The van der Waals surface area contributed by atoms with Crippen LogP contribution < -0.4 is 0 Å². The fourth-order valence-electron chi connectivity index (χ4n) is 9.89. The van der Waals surface area contributed by atoms with Gasteiger partial charge in [-0.3, -0.25) is 37.3 Å². The molecule has 0 aliphatic rings. The third-order valence-corrected chi connectivity index (χ3v) is 17.9. The van der Waals surface area contributed by atoms with Gasteiger partial charge in [-0.25, -0.2) is 9.13 Å². The lowest BCUT2D eigenvalue weighted by molar-refractivity contribution is -0.161. The summed E-state index contributed by atoms with van der Waals surface area (Å²) in [5.41, 5.74) is 0. The highest BCUT2D eigenvalue weighted by molar-refractivity contribution is 7.47. The molecule has 0 heterocycles. The monoisotopic (exact) mass is 1270 g/mol. The molecule has 4 unspecified atom stereocenters. The predicted molar refractivity (Wildman–Crippen MR) is 344 cm³/mol. The van der Waals surface area contributed by atoms with Crippen molar-refractivity contribution in [2.45, 2.75) is 343 Å². The van der Waals surface area contributed by atoms with E-state index in [1.54, 1.807) is 0 Å². The summed E-state index contributed by atoms with van der Waals surface area (Å²) in [4.78, 5) is 72.2. The van der Waals surface area contributed by atoms with Crippen molar-refractivity contribution in [3.8, 4) is 0 Å². The fourth-order valence-corrected chi connectivity index (χ4v) is 11.5. The Morgan fingerprint density at radius 2 is 0.558 bits per heavy atom. The van der Waals surface area contributed by atoms with Gasteiger partial charge in [-0.05, 0) is 49.4 Å². The first-order chi connectivity index (χ1) is 41.2. The molecule has 0 fully saturated rings. The van der Waals surface area contributed by atoms with E-state index >= 15 is 0 Å². The largest absolute Gasteiger partial charge is 0.472 e. The van der Waals surface area contributed by atoms with Crippen LogP contribution in [-0.4, -0.2) is 96.7 Å². The molecule has 17 nitrogen and oxygen atoms in total. The standard InChI is InChI=1S/C67H130O17P2/c1-9-59(7)45-37-29-19-17-15-13-11-12-14-16-18-20-31-39-47-64(69)77-53-62(83-66(71)49-41-33-24-21-27-35-43-57(3)4)55-81-85(73,74)79-51-61(68)52-80-86(75,76)82-56-63(84-67(72)50-42-34-25-22-28-36-44-58(5)6)54-78-65(70)48-40-32-26-23-30-38-46-60(8)10-2/h57-63,68H,9-56H2,1-8H3,(H,73,74)(H,75,76)/t59?,60?,61-,62-,63-/m1/s1. The average Bonchev–Trinajstić information content (AvgIpc) is 3.58. The molecule has 0 aromatic carbocycles. The number of hydrogen-bond donors (Lipinski definition) is 3. The number of esters is 4. The van der Waals surface area contributed by atoms with Crippen LogP contribution in [0.15, 0.2) is 0 Å². The third kappa shape index (κ3) is 58.4. The van der Waals surface area contributed by atoms with Crippen molar-refractivity contribution in [1.29, 1.82) is 0 Å². The molecule has 0 bridgehead atoms. The molecule has 3 N–H and O–H groups in total. The smallest absolute Gasteiger partial charge is 0.462 e. The van der Waals surface area contributed by atoms with Gasteiger partial charge in [0.2, 0.25) is 0 Å². The van der Waals surface area contributed by atoms with Gasteiger partial charge in [0.05, 0.1) is 26.4 Å². The predicted octanol–water partition coefficient (Wildman–Crippen LogP) is 18.5. The lowest BCUT2D eigenvalue weighted by Gasteiger charge is -2.21. The van der Waals surface area contributed by atoms with E-state index in [-0.39, 0.29) is 25.7 Å². The molecule has 0 radical (unpaired) electrons. The quantitative estimate of drug-likeness (QED) is 0.0222. The lowest BCUT2D eigenvalue weighted by atomic mass is 9.99. The second kappa shape index (κ2) is 57.0. The highest BCUT2D eigenvalue weighted by atomic mass is 31.2. The van der Waals surface area contributed by atoms with Crippen molar-refractivity contribution in [3.05, 3.63) is 0 Å². The number of carbonyl (C=O) groups excluding carboxylic acids is 4. The van der Waals surface area contributed by atoms with E-state index in [2.05, 4.69) is 55.4 Å². The van der Waals surface area contributed by atoms with Crippen LogP contribution >= 0.6 is 15.6 Å². The summed E-state index contributed by atoms with van der Waals surface area (Å²) in [6.45, 7) is 13.9. The maximum Gasteiger partial charge on any atom is 0.472 e. The van der Waals surface area contributed by atoms with E-state index in [0.717, 1.165) is 108 Å². The molecule has 0 amide bonds. The van der Waals surface area contributed by atoms with E-state index in [1.807, 2.05) is 0 Å². The minimum atomic E-state index is -4.95. The second-order valence-corrected chi connectivity index (χ2v) is 28.6. The van der Waals surface area contributed by atoms with Gasteiger partial charge < -0.3 is 33.8 Å². The van der Waals surface area contributed by atoms with Gasteiger partial charge in [0.15, 0.2) is 12.2 Å². The Morgan fingerprint density at radius 3 is 0.826 bits per heavy atom. The maximum atomic E-state index is 13.0. The first kappa shape index (κ1) is 84.1. The minimum Gasteiger partial charge on any atom is -0.462 e. The van der Waals surface area contributed by atoms with Gasteiger partial charge in [-0.15, -0.1) is 0 Å². The average molecular weight is 1270 g/mol. The normalized spacial score (nSPS) is 15.0. The Labute approximate surface area is 524 Å². The molecule has 0 saturated heterocycles. The van der Waals surface area contributed by atoms with Crippen LogP contribution in [0.2, 0.25) is 0 Å². The number of ether oxygens (including phenoxy) is 4. The Hall–Kier alpha value is -1.94. The molecule has 0 saturated carbocycles. The number of hydrogen-bond acceptors (Lipinski definition) is 15. The number of aliphatic hydroxyl groups excluding tert-OH is 1. The van der Waals surface area contributed by atoms with Crippen molar-refractivity contribution in [1.82, 2.24) is 0 Å². The summed E-state index contributed by atoms with van der Waals surface area (Å²) >= 11 is 0. The molecule has 0 rings (SSSR count). The van der Waals surface area contributed by atoms with Crippen LogP contribution in [0.25, 0.3) is 0 Å². The zero-order valence-corrected chi connectivity index (χ0v) is 57.7. The highest BCUT2D eigenvalue weighted by Gasteiger charge is 2.30. The van der Waals surface area contributed by atoms with Gasteiger partial charge in [0.25, 0.3) is 0 Å². The van der Waals surface area contributed by atoms with Crippen LogP contribution in [0.3, 0.4) is 0 Å². The summed E-state index contributed by atoms with van der Waals surface area (Å²) in [6, 6.07) is 0. The number of carbonyl (C=O) groups is 4. The Balaban J connectivity index is 5.16. The molecular formula is C67H130O17P2. The van der Waals surface area contributed by atoms with Crippen molar-refractivity contribution in [2.75, 3.05) is 39.6 Å². The summed E-state index contributed by atoms with van der Waals surface area (Å²) in [6.07, 6.45) is 38.0. The molecule has 0 aromatic heterocycles. The first-order valence-electron chi connectivity index (χ1n) is 34.8. The summed E-state index contributed by atoms with van der Waals surface area (Å²) < 4.78 is 68.0. The van der Waals surface area contributed by atoms with Crippen LogP contribution in [0.5, 0.6) is 0 Å². The number of phosphoric acid groups is 2. The highest BCUT2D eigenvalue weighted by Crippen LogP contribution is 2.45. The molecule has 7 atom stereocenters. The second-order valence-electron chi connectivity index (χ2n) is 25.6. The summed E-state index contributed by atoms with van der Waals surface area (Å²) in [5, 5.41) is 10.5. The molecule has 86 heavy (non-hydrogen) atoms. The van der Waals surface area contributed by atoms with E-state index in [1.165, 1.54) is 122 Å². The zero-order chi connectivity index (χ0) is 63.9. The third-order valence-electron chi connectivity index (χ3n) is 16.0. The molecule has 0 aromatic rings. The van der Waals surface area contributed by atoms with Crippen LogP contribution in [0, 0.1) is 23.7 Å². The van der Waals surface area contributed by atoms with Crippen LogP contribution in [0.4, 0.5) is 0 Å². The number of aliphatic hydroxyl groups is 1. The Kier molecular flexibility index (Phi) is 55.7. The number of rotatable bonds is 64. The zero-order valence-electron chi connectivity index (χ0n) is 55.9. The van der Waals surface area contributed by atoms with Crippen LogP contribution in [0.1, 0.15) is 325 Å². The van der Waals surface area contributed by atoms with Crippen LogP contribution in [-0.2, 0) is 65.4 Å². The van der Waals surface area contributed by atoms with Gasteiger partial charge in [0, 0.05) is 25.7 Å². The van der Waals surface area contributed by atoms with Crippen molar-refractivity contribution < 1.29 is 80.2 Å². The number of phosphoric ester groups is 2. The molecule has 0 aliphatic carbocycles. The van der Waals surface area contributed by atoms with E-state index < -0.39 is 97.5 Å². The molecular weight excluding hydrogens is 1140 g/mol. The lowest BCUT2D eigenvalue weighted by Crippen LogP contribution is -2.30. The maximum absolute atomic E-state index is 13.0. The van der Waals surface area contributed by atoms with E-state index in [9.17, 15) is 43.2 Å². The SMILES string of the molecule is CCC(C)CCCCCCCCCCCCCCCCC(=O)OC[C@H](COP(=O)(O)OC[C@@H](O)COP(=O)(O)OC[C@@H](COC(=O)CCCCCCCCC(C)CC)OC(=O)CCCCCCCCC(C)C)OC(=O)CCCCCCCCC(C)C. The summed E-state index contributed by atoms with van der Waals surface area (Å²) in [7, 11) is -9.89. The Morgan fingerprint density at radius 1 is 0.326 bits per heavy atom. The van der Waals surface area contributed by atoms with Crippen molar-refractivity contribution in [3.63, 3.8) is 0 Å². The van der Waals surface area contributed by atoms with E-state index in [4.69, 9.17) is 37.0 Å². The van der Waals surface area contributed by atoms with Gasteiger partial charge in [0.1, 0.15) is 19.3 Å². The van der Waals surface area contributed by atoms with Gasteiger partial charge in [-0.1, -0.05) is 274 Å². The summed E-state index contributed by atoms with van der Waals surface area (Å²) in [5.74, 6) is 0.776. The molecule has 0 spiro atoms. The van der Waals surface area contributed by atoms with Crippen molar-refractivity contribution in [2.24, 2.45) is 23.7 Å². The van der Waals surface area contributed by atoms with Gasteiger partial charge in [-0.2, -0.15) is 0 Å². The molecule has 19 heteroatoms. The molecule has 510 valence electrons. The topological polar surface area (TPSA) is 237 Å². The number of unbranched alkanes of at least 4 members (excludes halogenated alkanes) is 28. The fraction of sp³-hybridized carbons (Fsp3) is 0.940. The molecule has 0 aliphatic heterocycles. The first-order valence-corrected chi connectivity index (χ1v) is 37.8. The minimum absolute atomic E-state index is 0.101.